The molecule has 0 radical (unpaired) electrons. The predicted molar refractivity (Wildman–Crippen MR) is 96.6 cm³/mol. The van der Waals surface area contributed by atoms with Crippen LogP contribution in [0.3, 0.4) is 0 Å². The van der Waals surface area contributed by atoms with Gasteiger partial charge in [-0.2, -0.15) is 0 Å². The van der Waals surface area contributed by atoms with Crippen LogP contribution in [0.1, 0.15) is 17.8 Å². The average molecular weight is 354 g/mol. The van der Waals surface area contributed by atoms with Gasteiger partial charge < -0.3 is 0 Å². The summed E-state index contributed by atoms with van der Waals surface area (Å²) in [6.07, 6.45) is 2.59. The Hall–Kier alpha value is -2.99. The van der Waals surface area contributed by atoms with Crippen molar-refractivity contribution in [1.82, 2.24) is 9.55 Å². The minimum absolute atomic E-state index is 0.0453. The molecule has 1 aliphatic heterocycles. The van der Waals surface area contributed by atoms with Crippen LogP contribution < -0.4 is 5.56 Å². The number of non-ortho nitro benzene ring substituents is 1. The molecule has 0 amide bonds. The largest absolute Gasteiger partial charge is 0.292 e. The van der Waals surface area contributed by atoms with Crippen LogP contribution in [0.4, 0.5) is 5.69 Å². The topological polar surface area (TPSA) is 78.0 Å². The van der Waals surface area contributed by atoms with Gasteiger partial charge in [-0.25, -0.2) is 4.98 Å². The standard InChI is InChI=1S/C18H12ClN3O3/c19-13-3-6-15-16(10-13)20-17-12(7-8-21(17)18(15)23)9-11-1-4-14(5-2-11)22(24)25/h1-6,9-10H,7-8H2/b12-9+. The van der Waals surface area contributed by atoms with Gasteiger partial charge in [0.2, 0.25) is 0 Å². The van der Waals surface area contributed by atoms with E-state index in [0.29, 0.717) is 34.7 Å². The highest BCUT2D eigenvalue weighted by atomic mass is 35.5. The zero-order valence-corrected chi connectivity index (χ0v) is 13.7. The van der Waals surface area contributed by atoms with Crippen molar-refractivity contribution in [1.29, 1.82) is 0 Å². The number of hydrogen-bond acceptors (Lipinski definition) is 4. The molecular weight excluding hydrogens is 342 g/mol. The number of nitrogens with zero attached hydrogens (tertiary/aromatic N) is 3. The van der Waals surface area contributed by atoms with Gasteiger partial charge in [0.25, 0.3) is 11.2 Å². The molecule has 7 heteroatoms. The van der Waals surface area contributed by atoms with Crippen LogP contribution >= 0.6 is 11.6 Å². The van der Waals surface area contributed by atoms with E-state index in [4.69, 9.17) is 11.6 Å². The first kappa shape index (κ1) is 15.5. The molecule has 0 fully saturated rings. The Morgan fingerprint density at radius 3 is 2.68 bits per heavy atom. The van der Waals surface area contributed by atoms with Crippen molar-refractivity contribution in [2.24, 2.45) is 0 Å². The summed E-state index contributed by atoms with van der Waals surface area (Å²) < 4.78 is 1.66. The Labute approximate surface area is 147 Å². The van der Waals surface area contributed by atoms with E-state index < -0.39 is 4.92 Å². The molecule has 0 saturated carbocycles. The van der Waals surface area contributed by atoms with Crippen LogP contribution in [0.2, 0.25) is 5.02 Å². The number of allylic oxidation sites excluding steroid dienone is 1. The lowest BCUT2D eigenvalue weighted by atomic mass is 10.1. The van der Waals surface area contributed by atoms with Crippen LogP contribution in [0, 0.1) is 10.1 Å². The van der Waals surface area contributed by atoms with Gasteiger partial charge >= 0.3 is 0 Å². The molecular formula is C18H12ClN3O3. The second-order valence-corrected chi connectivity index (χ2v) is 6.26. The van der Waals surface area contributed by atoms with Gasteiger partial charge in [-0.05, 0) is 54.0 Å². The molecule has 0 N–H and O–H groups in total. The minimum atomic E-state index is -0.432. The lowest BCUT2D eigenvalue weighted by Gasteiger charge is -2.06. The van der Waals surface area contributed by atoms with E-state index in [9.17, 15) is 14.9 Å². The second kappa shape index (κ2) is 5.82. The fourth-order valence-corrected chi connectivity index (χ4v) is 3.19. The molecule has 3 aromatic rings. The summed E-state index contributed by atoms with van der Waals surface area (Å²) in [5.41, 5.74) is 2.29. The second-order valence-electron chi connectivity index (χ2n) is 5.82. The van der Waals surface area contributed by atoms with Gasteiger partial charge in [-0.1, -0.05) is 11.6 Å². The molecule has 6 nitrogen and oxygen atoms in total. The maximum Gasteiger partial charge on any atom is 0.269 e. The predicted octanol–water partition coefficient (Wildman–Crippen LogP) is 3.90. The van der Waals surface area contributed by atoms with Crippen molar-refractivity contribution in [2.45, 2.75) is 13.0 Å². The summed E-state index contributed by atoms with van der Waals surface area (Å²) in [4.78, 5) is 27.5. The highest BCUT2D eigenvalue weighted by Crippen LogP contribution is 2.28. The van der Waals surface area contributed by atoms with Gasteiger partial charge in [-0.3, -0.25) is 19.5 Å². The monoisotopic (exact) mass is 353 g/mol. The lowest BCUT2D eigenvalue weighted by Crippen LogP contribution is -2.20. The number of aromatic nitrogens is 2. The van der Waals surface area contributed by atoms with E-state index in [1.165, 1.54) is 12.1 Å². The normalized spacial score (nSPS) is 14.8. The molecule has 25 heavy (non-hydrogen) atoms. The summed E-state index contributed by atoms with van der Waals surface area (Å²) in [6, 6.07) is 11.3. The van der Waals surface area contributed by atoms with Gasteiger partial charge in [0.05, 0.1) is 15.8 Å². The Bertz CT molecular complexity index is 1100. The highest BCUT2D eigenvalue weighted by molar-refractivity contribution is 6.31. The summed E-state index contributed by atoms with van der Waals surface area (Å²) in [7, 11) is 0. The van der Waals surface area contributed by atoms with E-state index in [0.717, 1.165) is 11.1 Å². The Balaban J connectivity index is 1.82. The minimum Gasteiger partial charge on any atom is -0.292 e. The number of nitro benzene ring substituents is 1. The van der Waals surface area contributed by atoms with Crippen molar-refractivity contribution >= 4 is 39.8 Å². The Morgan fingerprint density at radius 1 is 1.20 bits per heavy atom. The summed E-state index contributed by atoms with van der Waals surface area (Å²) in [5.74, 6) is 0.623. The maximum absolute atomic E-state index is 12.6. The van der Waals surface area contributed by atoms with E-state index in [2.05, 4.69) is 4.98 Å². The molecule has 0 saturated heterocycles. The third-order valence-electron chi connectivity index (χ3n) is 4.25. The quantitative estimate of drug-likeness (QED) is 0.517. The van der Waals surface area contributed by atoms with Crippen LogP contribution in [0.25, 0.3) is 22.6 Å². The SMILES string of the molecule is O=c1c2ccc(Cl)cc2nc2n1CC/C2=C\c1ccc([N+](=O)[O-])cc1. The molecule has 0 spiro atoms. The molecule has 2 heterocycles. The molecule has 1 aliphatic rings. The third kappa shape index (κ3) is 2.70. The Kier molecular flexibility index (Phi) is 3.62. The van der Waals surface area contributed by atoms with Gasteiger partial charge in [0, 0.05) is 23.7 Å². The highest BCUT2D eigenvalue weighted by Gasteiger charge is 2.21. The number of hydrogen-bond donors (Lipinski definition) is 0. The van der Waals surface area contributed by atoms with Gasteiger partial charge in [0.15, 0.2) is 0 Å². The van der Waals surface area contributed by atoms with Crippen LogP contribution in [-0.4, -0.2) is 14.5 Å². The van der Waals surface area contributed by atoms with Crippen molar-refractivity contribution < 1.29 is 4.92 Å². The van der Waals surface area contributed by atoms with E-state index in [-0.39, 0.29) is 11.2 Å². The molecule has 124 valence electrons. The Morgan fingerprint density at radius 2 is 1.96 bits per heavy atom. The van der Waals surface area contributed by atoms with Crippen LogP contribution in [0.5, 0.6) is 0 Å². The molecule has 0 unspecified atom stereocenters. The summed E-state index contributed by atoms with van der Waals surface area (Å²) >= 11 is 6.01. The van der Waals surface area contributed by atoms with E-state index >= 15 is 0 Å². The smallest absolute Gasteiger partial charge is 0.269 e. The van der Waals surface area contributed by atoms with Crippen molar-refractivity contribution in [3.8, 4) is 0 Å². The van der Waals surface area contributed by atoms with Crippen molar-refractivity contribution in [3.63, 3.8) is 0 Å². The lowest BCUT2D eigenvalue weighted by molar-refractivity contribution is -0.384. The number of nitro groups is 1. The maximum atomic E-state index is 12.6. The van der Waals surface area contributed by atoms with E-state index in [1.807, 2.05) is 6.08 Å². The molecule has 4 rings (SSSR count). The summed E-state index contributed by atoms with van der Waals surface area (Å²) in [6.45, 7) is 0.568. The molecule has 0 aliphatic carbocycles. The zero-order chi connectivity index (χ0) is 17.6. The summed E-state index contributed by atoms with van der Waals surface area (Å²) in [5, 5.41) is 11.8. The van der Waals surface area contributed by atoms with Crippen LogP contribution in [-0.2, 0) is 6.54 Å². The number of rotatable bonds is 2. The van der Waals surface area contributed by atoms with Crippen molar-refractivity contribution in [3.05, 3.63) is 79.3 Å². The van der Waals surface area contributed by atoms with E-state index in [1.54, 1.807) is 34.9 Å². The zero-order valence-electron chi connectivity index (χ0n) is 13.0. The van der Waals surface area contributed by atoms with Crippen LogP contribution in [0.15, 0.2) is 47.3 Å². The number of halogens is 1. The molecule has 0 atom stereocenters. The number of benzene rings is 2. The number of fused-ring (bicyclic) bond motifs is 2. The fourth-order valence-electron chi connectivity index (χ4n) is 3.02. The fraction of sp³-hybridized carbons (Fsp3) is 0.111. The first-order valence-electron chi connectivity index (χ1n) is 7.68. The van der Waals surface area contributed by atoms with Crippen molar-refractivity contribution in [2.75, 3.05) is 0 Å². The molecule has 0 bridgehead atoms. The third-order valence-corrected chi connectivity index (χ3v) is 4.49. The van der Waals surface area contributed by atoms with Gasteiger partial charge in [0.1, 0.15) is 5.82 Å². The molecule has 1 aromatic heterocycles. The van der Waals surface area contributed by atoms with Gasteiger partial charge in [-0.15, -0.1) is 0 Å². The average Bonchev–Trinajstić information content (AvgIpc) is 2.98. The first-order chi connectivity index (χ1) is 12.0. The first-order valence-corrected chi connectivity index (χ1v) is 8.06. The molecule has 2 aromatic carbocycles.